The molecule has 1 nitrogen and oxygen atoms in total. The molecule has 0 radical (unpaired) electrons. The van der Waals surface area contributed by atoms with Gasteiger partial charge in [0.15, 0.2) is 0 Å². The Labute approximate surface area is 262 Å². The van der Waals surface area contributed by atoms with Crippen LogP contribution in [0.3, 0.4) is 0 Å². The molecule has 0 saturated heterocycles. The molecule has 0 saturated carbocycles. The van der Waals surface area contributed by atoms with Crippen LogP contribution in [0, 0.1) is 6.92 Å². The number of hydrogen-bond acceptors (Lipinski definition) is 1. The first-order valence-electron chi connectivity index (χ1n) is 15.7. The molecule has 0 fully saturated rings. The summed E-state index contributed by atoms with van der Waals surface area (Å²) in [6.45, 7) is 2.15. The third kappa shape index (κ3) is 3.22. The Morgan fingerprint density at radius 3 is 1.56 bits per heavy atom. The zero-order valence-electron chi connectivity index (χ0n) is 24.8. The lowest BCUT2D eigenvalue weighted by Crippen LogP contribution is -2.25. The van der Waals surface area contributed by atoms with Crippen molar-refractivity contribution in [3.05, 3.63) is 179 Å². The Morgan fingerprint density at radius 2 is 0.911 bits per heavy atom. The van der Waals surface area contributed by atoms with Crippen LogP contribution >= 0.6 is 0 Å². The van der Waals surface area contributed by atoms with Gasteiger partial charge < -0.3 is 4.42 Å². The van der Waals surface area contributed by atoms with Gasteiger partial charge in [-0.05, 0) is 104 Å². The van der Waals surface area contributed by atoms with Gasteiger partial charge in [-0.3, -0.25) is 0 Å². The summed E-state index contributed by atoms with van der Waals surface area (Å²) in [6, 6.07) is 55.9. The van der Waals surface area contributed by atoms with E-state index in [1.54, 1.807) is 0 Å². The SMILES string of the molecule is Cc1cccc2oc3ccc(-c4ccc(-c5ccc6c(c5)-c5ccccc5C65c6ccccc6-c6ccccc65)cc4)cc3c12. The van der Waals surface area contributed by atoms with E-state index < -0.39 is 0 Å². The molecule has 210 valence electrons. The summed E-state index contributed by atoms with van der Waals surface area (Å²) in [4.78, 5) is 0. The third-order valence-corrected chi connectivity index (χ3v) is 10.3. The Bertz CT molecular complexity index is 2450. The average Bonchev–Trinajstić information content (AvgIpc) is 3.72. The summed E-state index contributed by atoms with van der Waals surface area (Å²) >= 11 is 0. The van der Waals surface area contributed by atoms with Crippen LogP contribution in [0.2, 0.25) is 0 Å². The average molecular weight is 573 g/mol. The minimum atomic E-state index is -0.296. The van der Waals surface area contributed by atoms with Gasteiger partial charge in [0.05, 0.1) is 5.41 Å². The molecule has 1 spiro atoms. The van der Waals surface area contributed by atoms with Crippen molar-refractivity contribution in [3.8, 4) is 44.5 Å². The molecule has 0 bridgehead atoms. The largest absolute Gasteiger partial charge is 0.456 e. The summed E-state index contributed by atoms with van der Waals surface area (Å²) in [6.07, 6.45) is 0. The van der Waals surface area contributed by atoms with E-state index in [1.807, 2.05) is 0 Å². The number of rotatable bonds is 2. The molecule has 1 heteroatoms. The minimum absolute atomic E-state index is 0.296. The Balaban J connectivity index is 1.10. The molecule has 1 aromatic heterocycles. The molecule has 0 aliphatic heterocycles. The van der Waals surface area contributed by atoms with Crippen molar-refractivity contribution in [1.82, 2.24) is 0 Å². The van der Waals surface area contributed by atoms with E-state index in [4.69, 9.17) is 4.42 Å². The summed E-state index contributed by atoms with van der Waals surface area (Å²) in [5, 5.41) is 2.38. The van der Waals surface area contributed by atoms with Gasteiger partial charge in [-0.25, -0.2) is 0 Å². The smallest absolute Gasteiger partial charge is 0.135 e. The molecule has 1 heterocycles. The number of fused-ring (bicyclic) bond motifs is 13. The zero-order valence-corrected chi connectivity index (χ0v) is 24.8. The summed E-state index contributed by atoms with van der Waals surface area (Å²) in [7, 11) is 0. The Morgan fingerprint density at radius 1 is 0.400 bits per heavy atom. The molecular formula is C44H28O. The second-order valence-corrected chi connectivity index (χ2v) is 12.5. The Hall–Kier alpha value is -5.66. The van der Waals surface area contributed by atoms with Crippen LogP contribution in [0.25, 0.3) is 66.4 Å². The van der Waals surface area contributed by atoms with Crippen LogP contribution in [0.4, 0.5) is 0 Å². The van der Waals surface area contributed by atoms with E-state index >= 15 is 0 Å². The van der Waals surface area contributed by atoms with Crippen LogP contribution in [0.5, 0.6) is 0 Å². The molecule has 45 heavy (non-hydrogen) atoms. The van der Waals surface area contributed by atoms with Crippen LogP contribution in [-0.2, 0) is 5.41 Å². The molecule has 2 aliphatic carbocycles. The fraction of sp³-hybridized carbons (Fsp3) is 0.0455. The molecule has 0 amide bonds. The van der Waals surface area contributed by atoms with Crippen molar-refractivity contribution < 1.29 is 4.42 Å². The number of aryl methyl sites for hydroxylation is 1. The zero-order chi connectivity index (χ0) is 29.7. The molecule has 7 aromatic carbocycles. The molecule has 0 N–H and O–H groups in total. The fourth-order valence-corrected chi connectivity index (χ4v) is 8.32. The third-order valence-electron chi connectivity index (χ3n) is 10.3. The van der Waals surface area contributed by atoms with E-state index in [0.29, 0.717) is 0 Å². The molecule has 8 aromatic rings. The standard InChI is InChI=1S/C44H28O/c1-27-9-8-16-42-43(27)36-26-31(22-24-41(36)45-42)29-19-17-28(18-20-29)30-21-23-40-35(25-30)34-12-4-7-15-39(34)44(40)37-13-5-2-10-32(37)33-11-3-6-14-38(33)44/h2-26H,1H3. The van der Waals surface area contributed by atoms with E-state index in [-0.39, 0.29) is 5.41 Å². The second kappa shape index (κ2) is 8.94. The first kappa shape index (κ1) is 24.7. The lowest BCUT2D eigenvalue weighted by Gasteiger charge is -2.30. The van der Waals surface area contributed by atoms with Crippen molar-refractivity contribution >= 4 is 21.9 Å². The second-order valence-electron chi connectivity index (χ2n) is 12.5. The molecule has 0 atom stereocenters. The van der Waals surface area contributed by atoms with Crippen molar-refractivity contribution in [3.63, 3.8) is 0 Å². The van der Waals surface area contributed by atoms with E-state index in [0.717, 1.165) is 11.2 Å². The molecule has 0 unspecified atom stereocenters. The summed E-state index contributed by atoms with van der Waals surface area (Å²) in [5.41, 5.74) is 18.5. The first-order valence-corrected chi connectivity index (χ1v) is 15.7. The van der Waals surface area contributed by atoms with Gasteiger partial charge in [0.25, 0.3) is 0 Å². The highest BCUT2D eigenvalue weighted by atomic mass is 16.3. The normalized spacial score (nSPS) is 13.6. The number of furan rings is 1. The van der Waals surface area contributed by atoms with Crippen molar-refractivity contribution in [1.29, 1.82) is 0 Å². The quantitative estimate of drug-likeness (QED) is 0.201. The number of hydrogen-bond donors (Lipinski definition) is 0. The summed E-state index contributed by atoms with van der Waals surface area (Å²) < 4.78 is 6.14. The first-order chi connectivity index (χ1) is 22.2. The van der Waals surface area contributed by atoms with Crippen molar-refractivity contribution in [2.45, 2.75) is 12.3 Å². The highest BCUT2D eigenvalue weighted by molar-refractivity contribution is 6.08. The van der Waals surface area contributed by atoms with Gasteiger partial charge in [0.1, 0.15) is 11.2 Å². The predicted molar refractivity (Wildman–Crippen MR) is 186 cm³/mol. The maximum atomic E-state index is 6.14. The van der Waals surface area contributed by atoms with Crippen molar-refractivity contribution in [2.75, 3.05) is 0 Å². The van der Waals surface area contributed by atoms with Gasteiger partial charge >= 0.3 is 0 Å². The highest BCUT2D eigenvalue weighted by Crippen LogP contribution is 2.62. The summed E-state index contributed by atoms with van der Waals surface area (Å²) in [5.74, 6) is 0. The van der Waals surface area contributed by atoms with E-state index in [2.05, 4.69) is 159 Å². The molecular weight excluding hydrogens is 544 g/mol. The lowest BCUT2D eigenvalue weighted by molar-refractivity contribution is 0.669. The Kier molecular flexibility index (Phi) is 4.91. The topological polar surface area (TPSA) is 13.1 Å². The van der Waals surface area contributed by atoms with E-state index in [1.165, 1.54) is 83.1 Å². The monoisotopic (exact) mass is 572 g/mol. The predicted octanol–water partition coefficient (Wildman–Crippen LogP) is 11.6. The van der Waals surface area contributed by atoms with Gasteiger partial charge in [-0.15, -0.1) is 0 Å². The van der Waals surface area contributed by atoms with Gasteiger partial charge in [0, 0.05) is 10.8 Å². The van der Waals surface area contributed by atoms with Crippen LogP contribution in [0.15, 0.2) is 156 Å². The van der Waals surface area contributed by atoms with Gasteiger partial charge in [-0.1, -0.05) is 127 Å². The van der Waals surface area contributed by atoms with Gasteiger partial charge in [-0.2, -0.15) is 0 Å². The molecule has 2 aliphatic rings. The lowest BCUT2D eigenvalue weighted by atomic mass is 9.70. The van der Waals surface area contributed by atoms with E-state index in [9.17, 15) is 0 Å². The maximum absolute atomic E-state index is 6.14. The fourth-order valence-electron chi connectivity index (χ4n) is 8.32. The number of benzene rings is 7. The van der Waals surface area contributed by atoms with Crippen LogP contribution < -0.4 is 0 Å². The minimum Gasteiger partial charge on any atom is -0.456 e. The van der Waals surface area contributed by atoms with Crippen LogP contribution in [0.1, 0.15) is 27.8 Å². The maximum Gasteiger partial charge on any atom is 0.135 e. The van der Waals surface area contributed by atoms with Gasteiger partial charge in [0.2, 0.25) is 0 Å². The van der Waals surface area contributed by atoms with Crippen molar-refractivity contribution in [2.24, 2.45) is 0 Å². The highest BCUT2D eigenvalue weighted by Gasteiger charge is 2.51. The molecule has 10 rings (SSSR count). The van der Waals surface area contributed by atoms with Crippen LogP contribution in [-0.4, -0.2) is 0 Å².